The van der Waals surface area contributed by atoms with Crippen molar-refractivity contribution in [3.63, 3.8) is 0 Å². The lowest BCUT2D eigenvalue weighted by Gasteiger charge is -2.24. The predicted octanol–water partition coefficient (Wildman–Crippen LogP) is 3.61. The predicted molar refractivity (Wildman–Crippen MR) is 85.2 cm³/mol. The maximum absolute atomic E-state index is 12.8. The number of nitrogens with zero attached hydrogens (tertiary/aromatic N) is 1. The molecular weight excluding hydrogens is 254 g/mol. The molecule has 1 aromatic heterocycles. The summed E-state index contributed by atoms with van der Waals surface area (Å²) in [6.45, 7) is 0. The first-order valence-corrected chi connectivity index (χ1v) is 7.07. The number of fused-ring (bicyclic) bond motifs is 2. The Morgan fingerprint density at radius 3 is 2.32 bits per heavy atom. The Hall–Kier alpha value is -1.71. The van der Waals surface area contributed by atoms with Gasteiger partial charge >= 0.3 is 0 Å². The molecule has 0 atom stereocenters. The fraction of sp³-hybridized carbons (Fsp3) is 0.188. The molecule has 19 heavy (non-hydrogen) atoms. The van der Waals surface area contributed by atoms with Crippen molar-refractivity contribution in [3.05, 3.63) is 52.7 Å². The van der Waals surface area contributed by atoms with Crippen LogP contribution in [0, 0.1) is 0 Å². The molecule has 0 aliphatic carbocycles. The molecule has 0 aliphatic rings. The molecule has 0 unspecified atom stereocenters. The second-order valence-corrected chi connectivity index (χ2v) is 6.67. The van der Waals surface area contributed by atoms with E-state index >= 15 is 0 Å². The minimum absolute atomic E-state index is 0.146. The SMILES string of the molecule is C[N+](C)(C)c1cccc2sc3ccccc3c(=O)c12. The molecule has 3 heteroatoms. The Morgan fingerprint density at radius 1 is 0.895 bits per heavy atom. The van der Waals surface area contributed by atoms with Crippen LogP contribution in [0.15, 0.2) is 47.3 Å². The van der Waals surface area contributed by atoms with E-state index in [0.717, 1.165) is 25.9 Å². The highest BCUT2D eigenvalue weighted by atomic mass is 32.1. The Morgan fingerprint density at radius 2 is 1.58 bits per heavy atom. The molecule has 0 saturated carbocycles. The van der Waals surface area contributed by atoms with Gasteiger partial charge in [-0.05, 0) is 24.3 Å². The lowest BCUT2D eigenvalue weighted by molar-refractivity contribution is 0.490. The van der Waals surface area contributed by atoms with E-state index in [1.807, 2.05) is 42.5 Å². The highest BCUT2D eigenvalue weighted by Crippen LogP contribution is 2.31. The van der Waals surface area contributed by atoms with Crippen molar-refractivity contribution in [1.29, 1.82) is 0 Å². The second kappa shape index (κ2) is 4.15. The van der Waals surface area contributed by atoms with Crippen molar-refractivity contribution < 1.29 is 0 Å². The highest BCUT2D eigenvalue weighted by molar-refractivity contribution is 7.24. The van der Waals surface area contributed by atoms with Crippen LogP contribution in [0.5, 0.6) is 0 Å². The van der Waals surface area contributed by atoms with E-state index in [1.165, 1.54) is 0 Å². The van der Waals surface area contributed by atoms with Gasteiger partial charge in [-0.25, -0.2) is 0 Å². The Balaban J connectivity index is 2.57. The molecular formula is C16H16NOS+. The molecule has 0 amide bonds. The first-order valence-electron chi connectivity index (χ1n) is 6.25. The van der Waals surface area contributed by atoms with Gasteiger partial charge in [0.15, 0.2) is 0 Å². The van der Waals surface area contributed by atoms with E-state index in [1.54, 1.807) is 11.3 Å². The van der Waals surface area contributed by atoms with Crippen molar-refractivity contribution in [1.82, 2.24) is 4.48 Å². The summed E-state index contributed by atoms with van der Waals surface area (Å²) in [6, 6.07) is 14.0. The largest absolute Gasteiger partial charge is 0.298 e. The van der Waals surface area contributed by atoms with E-state index in [4.69, 9.17) is 0 Å². The minimum atomic E-state index is 0.146. The van der Waals surface area contributed by atoms with Gasteiger partial charge < -0.3 is 0 Å². The third kappa shape index (κ3) is 1.95. The van der Waals surface area contributed by atoms with Crippen molar-refractivity contribution in [2.45, 2.75) is 0 Å². The van der Waals surface area contributed by atoms with E-state index in [2.05, 4.69) is 21.1 Å². The van der Waals surface area contributed by atoms with Crippen molar-refractivity contribution in [3.8, 4) is 0 Å². The van der Waals surface area contributed by atoms with Gasteiger partial charge in [-0.1, -0.05) is 18.2 Å². The van der Waals surface area contributed by atoms with Crippen LogP contribution in [-0.2, 0) is 0 Å². The Kier molecular flexibility index (Phi) is 2.69. The molecule has 3 rings (SSSR count). The molecule has 0 bridgehead atoms. The average molecular weight is 270 g/mol. The van der Waals surface area contributed by atoms with Crippen LogP contribution in [0.25, 0.3) is 20.2 Å². The Labute approximate surface area is 116 Å². The summed E-state index contributed by atoms with van der Waals surface area (Å²) >= 11 is 1.69. The second-order valence-electron chi connectivity index (χ2n) is 5.59. The quantitative estimate of drug-likeness (QED) is 0.487. The van der Waals surface area contributed by atoms with E-state index < -0.39 is 0 Å². The molecule has 0 saturated heterocycles. The van der Waals surface area contributed by atoms with Crippen LogP contribution < -0.4 is 9.91 Å². The first-order chi connectivity index (χ1) is 8.98. The molecule has 2 aromatic carbocycles. The smallest absolute Gasteiger partial charge is 0.201 e. The van der Waals surface area contributed by atoms with Gasteiger partial charge in [0.25, 0.3) is 0 Å². The van der Waals surface area contributed by atoms with Crippen LogP contribution in [0.2, 0.25) is 0 Å². The minimum Gasteiger partial charge on any atom is -0.298 e. The summed E-state index contributed by atoms with van der Waals surface area (Å²) in [5.74, 6) is 0. The zero-order valence-corrected chi connectivity index (χ0v) is 12.1. The Bertz CT molecular complexity index is 827. The molecule has 0 radical (unpaired) electrons. The highest BCUT2D eigenvalue weighted by Gasteiger charge is 2.19. The van der Waals surface area contributed by atoms with Crippen LogP contribution in [0.3, 0.4) is 0 Å². The monoisotopic (exact) mass is 270 g/mol. The van der Waals surface area contributed by atoms with Gasteiger partial charge in [0, 0.05) is 14.8 Å². The molecule has 0 fully saturated rings. The number of benzene rings is 2. The van der Waals surface area contributed by atoms with Gasteiger partial charge in [-0.15, -0.1) is 11.3 Å². The molecule has 96 valence electrons. The summed E-state index contributed by atoms with van der Waals surface area (Å²) in [4.78, 5) is 12.8. The molecule has 0 aliphatic heterocycles. The fourth-order valence-electron chi connectivity index (χ4n) is 2.39. The van der Waals surface area contributed by atoms with Gasteiger partial charge in [0.2, 0.25) is 5.43 Å². The molecule has 3 aromatic rings. The van der Waals surface area contributed by atoms with Crippen LogP contribution in [-0.4, -0.2) is 21.1 Å². The van der Waals surface area contributed by atoms with Crippen LogP contribution in [0.4, 0.5) is 5.69 Å². The maximum Gasteiger partial charge on any atom is 0.201 e. The van der Waals surface area contributed by atoms with Gasteiger partial charge in [-0.2, -0.15) is 0 Å². The topological polar surface area (TPSA) is 17.1 Å². The summed E-state index contributed by atoms with van der Waals surface area (Å²) in [6.07, 6.45) is 0. The third-order valence-electron chi connectivity index (χ3n) is 3.31. The summed E-state index contributed by atoms with van der Waals surface area (Å²) < 4.78 is 2.77. The molecule has 2 nitrogen and oxygen atoms in total. The molecule has 0 N–H and O–H groups in total. The first kappa shape index (κ1) is 12.3. The molecule has 1 heterocycles. The lowest BCUT2D eigenvalue weighted by Crippen LogP contribution is -2.35. The van der Waals surface area contributed by atoms with E-state index in [-0.39, 0.29) is 5.43 Å². The van der Waals surface area contributed by atoms with E-state index in [0.29, 0.717) is 4.48 Å². The maximum atomic E-state index is 12.8. The third-order valence-corrected chi connectivity index (χ3v) is 4.44. The molecule has 0 spiro atoms. The summed E-state index contributed by atoms with van der Waals surface area (Å²) in [5, 5.41) is 1.68. The van der Waals surface area contributed by atoms with E-state index in [9.17, 15) is 4.79 Å². The normalized spacial score (nSPS) is 12.2. The average Bonchev–Trinajstić information content (AvgIpc) is 2.37. The number of hydrogen-bond donors (Lipinski definition) is 0. The van der Waals surface area contributed by atoms with Crippen molar-refractivity contribution >= 4 is 37.2 Å². The summed E-state index contributed by atoms with van der Waals surface area (Å²) in [7, 11) is 6.27. The van der Waals surface area contributed by atoms with Gasteiger partial charge in [0.1, 0.15) is 11.1 Å². The van der Waals surface area contributed by atoms with Crippen molar-refractivity contribution in [2.24, 2.45) is 0 Å². The van der Waals surface area contributed by atoms with Crippen molar-refractivity contribution in [2.75, 3.05) is 21.1 Å². The number of quaternary nitrogens is 1. The standard InChI is InChI=1S/C16H16NOS/c1-17(2,3)12-8-6-10-14-15(12)16(18)11-7-4-5-9-13(11)19-14/h4-10H,1-3H3/q+1. The van der Waals surface area contributed by atoms with Gasteiger partial charge in [-0.3, -0.25) is 9.28 Å². The van der Waals surface area contributed by atoms with Crippen LogP contribution >= 0.6 is 11.3 Å². The van der Waals surface area contributed by atoms with Gasteiger partial charge in [0.05, 0.1) is 21.1 Å². The zero-order chi connectivity index (χ0) is 13.6. The fourth-order valence-corrected chi connectivity index (χ4v) is 3.49. The lowest BCUT2D eigenvalue weighted by atomic mass is 10.1. The number of rotatable bonds is 1. The summed E-state index contributed by atoms with van der Waals surface area (Å²) in [5.41, 5.74) is 1.22. The van der Waals surface area contributed by atoms with Crippen LogP contribution in [0.1, 0.15) is 0 Å². The zero-order valence-electron chi connectivity index (χ0n) is 11.3. The number of hydrogen-bond acceptors (Lipinski definition) is 2.